The average molecular weight is 483 g/mol. The first kappa shape index (κ1) is 23.3. The predicted molar refractivity (Wildman–Crippen MR) is 124 cm³/mol. The van der Waals surface area contributed by atoms with Crippen LogP contribution >= 0.6 is 0 Å². The van der Waals surface area contributed by atoms with Crippen LogP contribution in [0, 0.1) is 0 Å². The van der Waals surface area contributed by atoms with Gasteiger partial charge in [0.25, 0.3) is 5.56 Å². The van der Waals surface area contributed by atoms with Gasteiger partial charge < -0.3 is 5.11 Å². The number of alkyl halides is 3. The minimum absolute atomic E-state index is 0.111. The second-order valence-corrected chi connectivity index (χ2v) is 9.00. The Hall–Kier alpha value is -3.50. The van der Waals surface area contributed by atoms with Crippen LogP contribution in [-0.2, 0) is 19.3 Å². The van der Waals surface area contributed by atoms with Gasteiger partial charge >= 0.3 is 6.18 Å². The molecule has 1 N–H and O–H groups in total. The number of likely N-dealkylation sites (tertiary alicyclic amines) is 1. The molecule has 1 aliphatic heterocycles. The Labute approximate surface area is 199 Å². The quantitative estimate of drug-likeness (QED) is 0.469. The predicted octanol–water partition coefficient (Wildman–Crippen LogP) is 3.63. The van der Waals surface area contributed by atoms with Gasteiger partial charge in [-0.3, -0.25) is 14.3 Å². The van der Waals surface area contributed by atoms with Crippen molar-refractivity contribution in [3.05, 3.63) is 88.6 Å². The summed E-state index contributed by atoms with van der Waals surface area (Å²) in [6.45, 7) is 2.34. The fourth-order valence-corrected chi connectivity index (χ4v) is 4.49. The van der Waals surface area contributed by atoms with Gasteiger partial charge in [0.05, 0.1) is 29.6 Å². The Morgan fingerprint density at radius 3 is 2.34 bits per heavy atom. The van der Waals surface area contributed by atoms with Gasteiger partial charge in [0.2, 0.25) is 0 Å². The number of piperidine rings is 1. The molecule has 0 aliphatic carbocycles. The Balaban J connectivity index is 1.31. The lowest BCUT2D eigenvalue weighted by Crippen LogP contribution is -2.47. The van der Waals surface area contributed by atoms with E-state index in [2.05, 4.69) is 27.1 Å². The number of halogens is 3. The minimum atomic E-state index is -4.44. The van der Waals surface area contributed by atoms with Crippen LogP contribution in [0.2, 0.25) is 0 Å². The van der Waals surface area contributed by atoms with E-state index in [0.29, 0.717) is 31.6 Å². The van der Waals surface area contributed by atoms with E-state index in [1.165, 1.54) is 39.5 Å². The number of fused-ring (bicyclic) bond motifs is 1. The molecule has 0 bridgehead atoms. The highest BCUT2D eigenvalue weighted by Gasteiger charge is 2.33. The smallest absolute Gasteiger partial charge is 0.388 e. The number of aromatic nitrogens is 4. The van der Waals surface area contributed by atoms with Gasteiger partial charge in [-0.25, -0.2) is 9.67 Å². The highest BCUT2D eigenvalue weighted by atomic mass is 19.4. The van der Waals surface area contributed by atoms with Gasteiger partial charge in [0, 0.05) is 19.6 Å². The summed E-state index contributed by atoms with van der Waals surface area (Å²) in [6, 6.07) is 14.6. The number of nitrogens with zero attached hydrogens (tertiary/aromatic N) is 5. The maximum Gasteiger partial charge on any atom is 0.416 e. The molecule has 4 aromatic rings. The lowest BCUT2D eigenvalue weighted by molar-refractivity contribution is -0.137. The Bertz CT molecular complexity index is 1370. The van der Waals surface area contributed by atoms with E-state index in [9.17, 15) is 23.1 Å². The van der Waals surface area contributed by atoms with Gasteiger partial charge in [-0.05, 0) is 42.7 Å². The molecule has 2 aromatic carbocycles. The molecule has 182 valence electrons. The lowest BCUT2D eigenvalue weighted by atomic mass is 9.91. The first-order valence-corrected chi connectivity index (χ1v) is 11.3. The second kappa shape index (κ2) is 8.94. The van der Waals surface area contributed by atoms with E-state index in [1.54, 1.807) is 0 Å². The summed E-state index contributed by atoms with van der Waals surface area (Å²) in [6.07, 6.45) is -0.675. The Morgan fingerprint density at radius 2 is 1.69 bits per heavy atom. The number of hydrogen-bond acceptors (Lipinski definition) is 5. The number of benzene rings is 2. The third-order valence-corrected chi connectivity index (χ3v) is 6.49. The molecule has 10 heteroatoms. The van der Waals surface area contributed by atoms with Crippen molar-refractivity contribution < 1.29 is 18.3 Å². The zero-order chi connectivity index (χ0) is 24.6. The molecule has 7 nitrogen and oxygen atoms in total. The standard InChI is InChI=1S/C25H24F3N5O2/c26-25(27,28)19-6-8-20(9-7-19)33-22-21(14-30-33)23(34)32(17-29-22)16-24(35)10-12-31(13-11-24)15-18-4-2-1-3-5-18/h1-9,14,17,35H,10-13,15-16H2. The molecule has 35 heavy (non-hydrogen) atoms. The second-order valence-electron chi connectivity index (χ2n) is 9.00. The summed E-state index contributed by atoms with van der Waals surface area (Å²) in [5.41, 5.74) is -0.327. The van der Waals surface area contributed by atoms with Crippen molar-refractivity contribution in [3.63, 3.8) is 0 Å². The van der Waals surface area contributed by atoms with Crippen LogP contribution in [0.15, 0.2) is 71.9 Å². The van der Waals surface area contributed by atoms with Gasteiger partial charge in [-0.2, -0.15) is 18.3 Å². The van der Waals surface area contributed by atoms with Crippen molar-refractivity contribution in [1.82, 2.24) is 24.2 Å². The zero-order valence-corrected chi connectivity index (χ0v) is 18.8. The zero-order valence-electron chi connectivity index (χ0n) is 18.8. The topological polar surface area (TPSA) is 76.2 Å². The van der Waals surface area contributed by atoms with Gasteiger partial charge in [0.1, 0.15) is 11.7 Å². The van der Waals surface area contributed by atoms with Crippen molar-refractivity contribution in [1.29, 1.82) is 0 Å². The van der Waals surface area contributed by atoms with Crippen LogP contribution < -0.4 is 5.56 Å². The molecular formula is C25H24F3N5O2. The van der Waals surface area contributed by atoms with E-state index >= 15 is 0 Å². The maximum absolute atomic E-state index is 13.1. The molecule has 3 heterocycles. The molecule has 0 spiro atoms. The summed E-state index contributed by atoms with van der Waals surface area (Å²) in [5, 5.41) is 15.6. The molecule has 2 aromatic heterocycles. The summed E-state index contributed by atoms with van der Waals surface area (Å²) in [7, 11) is 0. The van der Waals surface area contributed by atoms with Crippen LogP contribution in [-0.4, -0.2) is 48.0 Å². The summed E-state index contributed by atoms with van der Waals surface area (Å²) < 4.78 is 41.3. The SMILES string of the molecule is O=c1c2cnn(-c3ccc(C(F)(F)F)cc3)c2ncn1CC1(O)CCN(Cc2ccccc2)CC1. The monoisotopic (exact) mass is 483 g/mol. The van der Waals surface area contributed by atoms with Crippen molar-refractivity contribution >= 4 is 11.0 Å². The Kier molecular flexibility index (Phi) is 5.94. The molecule has 1 aliphatic rings. The van der Waals surface area contributed by atoms with Crippen molar-refractivity contribution in [3.8, 4) is 5.69 Å². The number of rotatable bonds is 5. The fourth-order valence-electron chi connectivity index (χ4n) is 4.49. The normalized spacial score (nSPS) is 16.6. The number of hydrogen-bond donors (Lipinski definition) is 1. The summed E-state index contributed by atoms with van der Waals surface area (Å²) in [4.78, 5) is 19.7. The molecule has 0 atom stereocenters. The third-order valence-electron chi connectivity index (χ3n) is 6.49. The largest absolute Gasteiger partial charge is 0.416 e. The first-order chi connectivity index (χ1) is 16.7. The van der Waals surface area contributed by atoms with Crippen LogP contribution in [0.25, 0.3) is 16.7 Å². The summed E-state index contributed by atoms with van der Waals surface area (Å²) in [5.74, 6) is 0. The molecule has 0 saturated carbocycles. The summed E-state index contributed by atoms with van der Waals surface area (Å²) >= 11 is 0. The van der Waals surface area contributed by atoms with E-state index in [-0.39, 0.29) is 23.1 Å². The Morgan fingerprint density at radius 1 is 1.00 bits per heavy atom. The molecule has 0 unspecified atom stereocenters. The molecule has 0 amide bonds. The molecule has 0 radical (unpaired) electrons. The van der Waals surface area contributed by atoms with Crippen LogP contribution in [0.4, 0.5) is 13.2 Å². The maximum atomic E-state index is 13.1. The molecule has 1 fully saturated rings. The van der Waals surface area contributed by atoms with Gasteiger partial charge in [0.15, 0.2) is 5.65 Å². The minimum Gasteiger partial charge on any atom is -0.388 e. The van der Waals surface area contributed by atoms with E-state index < -0.39 is 17.3 Å². The van der Waals surface area contributed by atoms with Gasteiger partial charge in [-0.1, -0.05) is 30.3 Å². The van der Waals surface area contributed by atoms with Gasteiger partial charge in [-0.15, -0.1) is 0 Å². The number of aliphatic hydroxyl groups is 1. The lowest BCUT2D eigenvalue weighted by Gasteiger charge is -2.38. The molecule has 1 saturated heterocycles. The van der Waals surface area contributed by atoms with Crippen LogP contribution in [0.1, 0.15) is 24.0 Å². The van der Waals surface area contributed by atoms with E-state index in [4.69, 9.17) is 0 Å². The highest BCUT2D eigenvalue weighted by Crippen LogP contribution is 2.30. The van der Waals surface area contributed by atoms with Crippen LogP contribution in [0.5, 0.6) is 0 Å². The van der Waals surface area contributed by atoms with Crippen molar-refractivity contribution in [2.45, 2.75) is 37.7 Å². The van der Waals surface area contributed by atoms with E-state index in [1.807, 2.05) is 18.2 Å². The third kappa shape index (κ3) is 4.85. The van der Waals surface area contributed by atoms with Crippen molar-refractivity contribution in [2.24, 2.45) is 0 Å². The highest BCUT2D eigenvalue weighted by molar-refractivity contribution is 5.74. The fraction of sp³-hybridized carbons (Fsp3) is 0.320. The van der Waals surface area contributed by atoms with E-state index in [0.717, 1.165) is 18.7 Å². The van der Waals surface area contributed by atoms with Crippen molar-refractivity contribution in [2.75, 3.05) is 13.1 Å². The molecular weight excluding hydrogens is 459 g/mol. The average Bonchev–Trinajstić information content (AvgIpc) is 3.28. The first-order valence-electron chi connectivity index (χ1n) is 11.3. The van der Waals surface area contributed by atoms with Crippen LogP contribution in [0.3, 0.4) is 0 Å². The molecule has 5 rings (SSSR count).